The molecular formula is C42H40GeIrN2O-2. The van der Waals surface area contributed by atoms with E-state index in [4.69, 9.17) is 4.42 Å². The number of benzene rings is 4. The smallest absolute Gasteiger partial charge is 0 e. The van der Waals surface area contributed by atoms with Crippen LogP contribution in [0, 0.1) is 17.5 Å². The Morgan fingerprint density at radius 3 is 2.17 bits per heavy atom. The molecule has 239 valence electrons. The second kappa shape index (κ2) is 14.5. The van der Waals surface area contributed by atoms with Gasteiger partial charge in [0.05, 0.1) is 5.58 Å². The summed E-state index contributed by atoms with van der Waals surface area (Å²) in [6.07, 6.45) is 4.93. The van der Waals surface area contributed by atoms with E-state index in [0.29, 0.717) is 0 Å². The minimum Gasteiger partial charge on any atom is 0 e. The molecule has 0 fully saturated rings. The summed E-state index contributed by atoms with van der Waals surface area (Å²) in [6.45, 7) is 6.76. The number of hydrogen-bond acceptors (Lipinski definition) is 3. The number of hydrogen-bond donors (Lipinski definition) is 0. The van der Waals surface area contributed by atoms with Gasteiger partial charge in [-0.25, -0.2) is 0 Å². The van der Waals surface area contributed by atoms with E-state index in [2.05, 4.69) is 133 Å². The predicted octanol–water partition coefficient (Wildman–Crippen LogP) is 10.8. The van der Waals surface area contributed by atoms with Crippen LogP contribution in [0.25, 0.3) is 55.6 Å². The summed E-state index contributed by atoms with van der Waals surface area (Å²) in [4.78, 5) is 9.16. The molecule has 47 heavy (non-hydrogen) atoms. The molecule has 5 heteroatoms. The number of furan rings is 1. The van der Waals surface area contributed by atoms with Crippen LogP contribution in [0.2, 0.25) is 17.3 Å². The summed E-state index contributed by atoms with van der Waals surface area (Å²) in [5, 5.41) is 2.21. The Bertz CT molecular complexity index is 2070. The third kappa shape index (κ3) is 8.37. The van der Waals surface area contributed by atoms with E-state index in [1.807, 2.05) is 48.8 Å². The average molecular weight is 854 g/mol. The van der Waals surface area contributed by atoms with Crippen molar-refractivity contribution in [2.24, 2.45) is 5.41 Å². The predicted molar refractivity (Wildman–Crippen MR) is 196 cm³/mol. The van der Waals surface area contributed by atoms with E-state index < -0.39 is 13.3 Å². The van der Waals surface area contributed by atoms with Gasteiger partial charge in [-0.3, -0.25) is 0 Å². The third-order valence-corrected chi connectivity index (χ3v) is 12.2. The summed E-state index contributed by atoms with van der Waals surface area (Å²) in [5.41, 5.74) is 9.52. The fraction of sp³-hybridized carbons (Fsp3) is 0.190. The normalized spacial score (nSPS) is 11.5. The topological polar surface area (TPSA) is 38.9 Å². The Labute approximate surface area is 295 Å². The van der Waals surface area contributed by atoms with E-state index in [1.165, 1.54) is 21.1 Å². The Kier molecular flexibility index (Phi) is 10.7. The van der Waals surface area contributed by atoms with Gasteiger partial charge in [-0.15, -0.1) is 18.2 Å². The average Bonchev–Trinajstić information content (AvgIpc) is 3.43. The quantitative estimate of drug-likeness (QED) is 0.128. The summed E-state index contributed by atoms with van der Waals surface area (Å²) >= 11 is -1.72. The molecule has 0 aliphatic rings. The molecule has 3 aromatic heterocycles. The van der Waals surface area contributed by atoms with Gasteiger partial charge >= 0.3 is 99.8 Å². The van der Waals surface area contributed by atoms with Crippen molar-refractivity contribution in [2.75, 3.05) is 0 Å². The van der Waals surface area contributed by atoms with Crippen molar-refractivity contribution < 1.29 is 24.5 Å². The first-order chi connectivity index (χ1) is 22.0. The Balaban J connectivity index is 0.000000217. The van der Waals surface area contributed by atoms with Crippen molar-refractivity contribution >= 4 is 39.6 Å². The number of rotatable bonds is 5. The van der Waals surface area contributed by atoms with Crippen LogP contribution in [-0.2, 0) is 26.5 Å². The summed E-state index contributed by atoms with van der Waals surface area (Å²) in [7, 11) is 0. The number of nitrogens with zero attached hydrogens (tertiary/aromatic N) is 2. The van der Waals surface area contributed by atoms with Crippen LogP contribution in [0.3, 0.4) is 0 Å². The first-order valence-electron chi connectivity index (χ1n) is 15.9. The van der Waals surface area contributed by atoms with Gasteiger partial charge < -0.3 is 9.40 Å². The molecule has 4 aromatic carbocycles. The van der Waals surface area contributed by atoms with Crippen molar-refractivity contribution in [3.63, 3.8) is 0 Å². The summed E-state index contributed by atoms with van der Waals surface area (Å²) < 4.78 is 7.74. The molecule has 0 atom stereocenters. The van der Waals surface area contributed by atoms with Crippen molar-refractivity contribution in [1.29, 1.82) is 0 Å². The van der Waals surface area contributed by atoms with Gasteiger partial charge in [-0.1, -0.05) is 79.7 Å². The minimum atomic E-state index is -1.72. The molecule has 7 rings (SSSR count). The third-order valence-electron chi connectivity index (χ3n) is 7.97. The van der Waals surface area contributed by atoms with Crippen LogP contribution in [0.5, 0.6) is 0 Å². The molecule has 7 aromatic rings. The molecule has 0 spiro atoms. The molecular weight excluding hydrogens is 813 g/mol. The number of fused-ring (bicyclic) bond motifs is 3. The maximum Gasteiger partial charge on any atom is 0 e. The van der Waals surface area contributed by atoms with Crippen molar-refractivity contribution in [3.05, 3.63) is 139 Å². The molecule has 0 amide bonds. The molecule has 0 saturated heterocycles. The Hall–Kier alpha value is -3.83. The van der Waals surface area contributed by atoms with Crippen LogP contribution >= 0.6 is 0 Å². The van der Waals surface area contributed by atoms with Gasteiger partial charge in [0.25, 0.3) is 0 Å². The minimum absolute atomic E-state index is 0. The molecule has 0 bridgehead atoms. The largest absolute Gasteiger partial charge is 0 e. The van der Waals surface area contributed by atoms with E-state index in [1.54, 1.807) is 0 Å². The van der Waals surface area contributed by atoms with Crippen LogP contribution in [-0.4, -0.2) is 23.2 Å². The van der Waals surface area contributed by atoms with Crippen LogP contribution in [0.4, 0.5) is 0 Å². The van der Waals surface area contributed by atoms with Crippen molar-refractivity contribution in [3.8, 4) is 33.6 Å². The van der Waals surface area contributed by atoms with Gasteiger partial charge in [-0.2, -0.15) is 0 Å². The summed E-state index contributed by atoms with van der Waals surface area (Å²) in [6, 6.07) is 44.0. The van der Waals surface area contributed by atoms with E-state index in [-0.39, 0.29) is 25.5 Å². The monoisotopic (exact) mass is 855 g/mol. The maximum absolute atomic E-state index is 6.30. The number of pyridine rings is 2. The van der Waals surface area contributed by atoms with Gasteiger partial charge in [0, 0.05) is 31.7 Å². The van der Waals surface area contributed by atoms with Gasteiger partial charge in [0.15, 0.2) is 0 Å². The van der Waals surface area contributed by atoms with Crippen molar-refractivity contribution in [1.82, 2.24) is 9.97 Å². The van der Waals surface area contributed by atoms with Crippen LogP contribution < -0.4 is 4.40 Å². The Morgan fingerprint density at radius 1 is 0.702 bits per heavy atom. The number of aromatic nitrogens is 2. The van der Waals surface area contributed by atoms with E-state index >= 15 is 0 Å². The molecule has 3 heterocycles. The maximum atomic E-state index is 6.30. The zero-order valence-corrected chi connectivity index (χ0v) is 32.4. The fourth-order valence-corrected chi connectivity index (χ4v) is 7.80. The van der Waals surface area contributed by atoms with E-state index in [9.17, 15) is 0 Å². The molecule has 3 nitrogen and oxygen atoms in total. The Morgan fingerprint density at radius 2 is 1.49 bits per heavy atom. The van der Waals surface area contributed by atoms with Gasteiger partial charge in [0.2, 0.25) is 0 Å². The second-order valence-electron chi connectivity index (χ2n) is 14.0. The molecule has 0 saturated carbocycles. The van der Waals surface area contributed by atoms with Gasteiger partial charge in [-0.05, 0) is 46.9 Å². The van der Waals surface area contributed by atoms with Gasteiger partial charge in [0.1, 0.15) is 5.58 Å². The molecule has 0 unspecified atom stereocenters. The fourth-order valence-electron chi connectivity index (χ4n) is 5.63. The molecule has 1 radical (unpaired) electrons. The second-order valence-corrected chi connectivity index (χ2v) is 24.7. The molecule has 0 N–H and O–H groups in total. The first kappa shape index (κ1) is 34.5. The standard InChI is InChI=1S/C28H24NO.C14H16GeN.Ir/c1-28(2,3)18-19-14-15-29-25(16-19)23-11-7-10-22-24-17-21(20-8-5-4-6-9-20)12-13-26(24)30-27(22)23;1-15(2,3)13-9-10-14(16-11-13)12-7-5-4-6-8-12;/h4-10,12-17H,18H2,1-3H3;4-7,9-11H,1-3H3;/q2*-1;. The first-order valence-corrected chi connectivity index (χ1v) is 23.2. The van der Waals surface area contributed by atoms with E-state index in [0.717, 1.165) is 50.9 Å². The SMILES string of the molecule is CC(C)(C)Cc1ccnc(-c2[c-]ccc3c2oc2ccc(-c4ccccc4)cc23)c1.[CH3][Ge]([CH3])([CH3])[c]1ccc(-c2[c-]cccc2)nc1.[Ir]. The van der Waals surface area contributed by atoms with Crippen LogP contribution in [0.15, 0.2) is 126 Å². The zero-order valence-electron chi connectivity index (χ0n) is 27.9. The summed E-state index contributed by atoms with van der Waals surface area (Å²) in [5.74, 6) is 7.14. The molecule has 0 aliphatic heterocycles. The van der Waals surface area contributed by atoms with Crippen molar-refractivity contribution in [2.45, 2.75) is 44.5 Å². The molecule has 0 aliphatic carbocycles. The zero-order chi connectivity index (χ0) is 32.3. The van der Waals surface area contributed by atoms with Crippen LogP contribution in [0.1, 0.15) is 26.3 Å².